The zero-order valence-corrected chi connectivity index (χ0v) is 8.74. The van der Waals surface area contributed by atoms with Crippen molar-refractivity contribution < 1.29 is 25.9 Å². The smallest absolute Gasteiger partial charge is 0.161 e. The molecule has 0 aliphatic heterocycles. The molecule has 0 aliphatic carbocycles. The second kappa shape index (κ2) is 10.6. The molecule has 0 saturated heterocycles. The first kappa shape index (κ1) is 14.1. The topological polar surface area (TPSA) is 37.3 Å². The largest absolute Gasteiger partial charge is 0.505 e. The fourth-order valence-electron chi connectivity index (χ4n) is 0.851. The second-order valence-corrected chi connectivity index (χ2v) is 3.64. The van der Waals surface area contributed by atoms with Gasteiger partial charge in [0.05, 0.1) is 0 Å². The minimum absolute atomic E-state index is 0. The summed E-state index contributed by atoms with van der Waals surface area (Å²) in [5.74, 6) is 0. The SMILES string of the molecule is CCCCCCC[P+](=O)O.[Ni]. The molecule has 0 fully saturated rings. The first-order valence-corrected chi connectivity index (χ1v) is 5.30. The van der Waals surface area contributed by atoms with Gasteiger partial charge in [-0.15, -0.1) is 0 Å². The zero-order valence-electron chi connectivity index (χ0n) is 6.86. The molecule has 1 N–H and O–H groups in total. The van der Waals surface area contributed by atoms with Crippen LogP contribution in [0.2, 0.25) is 0 Å². The molecule has 0 spiro atoms. The Kier molecular flexibility index (Phi) is 13.5. The third kappa shape index (κ3) is 13.5. The molecule has 1 unspecified atom stereocenters. The molecule has 1 atom stereocenters. The summed E-state index contributed by atoms with van der Waals surface area (Å²) in [6.07, 6.45) is 6.19. The summed E-state index contributed by atoms with van der Waals surface area (Å²) >= 11 is 0. The molecule has 0 aliphatic rings. The Labute approximate surface area is 79.6 Å². The zero-order chi connectivity index (χ0) is 7.82. The Hall–Kier alpha value is 0.554. The van der Waals surface area contributed by atoms with E-state index in [1.807, 2.05) is 0 Å². The van der Waals surface area contributed by atoms with Crippen LogP contribution in [0.15, 0.2) is 0 Å². The van der Waals surface area contributed by atoms with Crippen molar-refractivity contribution in [3.63, 3.8) is 0 Å². The molecule has 4 heteroatoms. The van der Waals surface area contributed by atoms with Gasteiger partial charge in [0.25, 0.3) is 0 Å². The van der Waals surface area contributed by atoms with Crippen LogP contribution in [0.1, 0.15) is 39.0 Å². The van der Waals surface area contributed by atoms with Crippen LogP contribution in [0.3, 0.4) is 0 Å². The number of rotatable bonds is 6. The van der Waals surface area contributed by atoms with Crippen molar-refractivity contribution in [3.8, 4) is 0 Å². The van der Waals surface area contributed by atoms with Gasteiger partial charge in [-0.3, -0.25) is 0 Å². The van der Waals surface area contributed by atoms with E-state index in [4.69, 9.17) is 4.89 Å². The molecular weight excluding hydrogens is 206 g/mol. The molecule has 0 aromatic heterocycles. The van der Waals surface area contributed by atoms with Crippen molar-refractivity contribution in [3.05, 3.63) is 0 Å². The summed E-state index contributed by atoms with van der Waals surface area (Å²) in [7, 11) is -1.87. The summed E-state index contributed by atoms with van der Waals surface area (Å²) < 4.78 is 10.2. The maximum absolute atomic E-state index is 10.2. The van der Waals surface area contributed by atoms with Crippen molar-refractivity contribution in [1.29, 1.82) is 0 Å². The quantitative estimate of drug-likeness (QED) is 0.426. The Bertz CT molecular complexity index is 98.4. The van der Waals surface area contributed by atoms with Gasteiger partial charge in [0, 0.05) is 16.5 Å². The average molecular weight is 222 g/mol. The summed E-state index contributed by atoms with van der Waals surface area (Å²) in [6, 6.07) is 0. The van der Waals surface area contributed by atoms with Crippen molar-refractivity contribution in [2.45, 2.75) is 39.0 Å². The van der Waals surface area contributed by atoms with Gasteiger partial charge in [0.15, 0.2) is 6.16 Å². The fraction of sp³-hybridized carbons (Fsp3) is 1.00. The fourth-order valence-corrected chi connectivity index (χ4v) is 1.34. The van der Waals surface area contributed by atoms with E-state index in [-0.39, 0.29) is 16.5 Å². The first-order chi connectivity index (χ1) is 4.77. The van der Waals surface area contributed by atoms with Gasteiger partial charge >= 0.3 is 8.03 Å². The predicted octanol–water partition coefficient (Wildman–Crippen LogP) is 2.69. The van der Waals surface area contributed by atoms with Crippen LogP contribution >= 0.6 is 8.03 Å². The number of hydrogen-bond donors (Lipinski definition) is 1. The van der Waals surface area contributed by atoms with Crippen LogP contribution in [0, 0.1) is 0 Å². The van der Waals surface area contributed by atoms with Gasteiger partial charge in [-0.2, -0.15) is 4.89 Å². The third-order valence-electron chi connectivity index (χ3n) is 1.45. The van der Waals surface area contributed by atoms with E-state index in [0.29, 0.717) is 6.16 Å². The van der Waals surface area contributed by atoms with Gasteiger partial charge in [0.1, 0.15) is 0 Å². The van der Waals surface area contributed by atoms with Crippen molar-refractivity contribution in [2.75, 3.05) is 6.16 Å². The van der Waals surface area contributed by atoms with Gasteiger partial charge in [-0.05, 0) is 17.4 Å². The van der Waals surface area contributed by atoms with E-state index >= 15 is 0 Å². The van der Waals surface area contributed by atoms with E-state index in [1.165, 1.54) is 19.3 Å². The van der Waals surface area contributed by atoms with Crippen LogP contribution in [-0.2, 0) is 21.1 Å². The minimum atomic E-state index is -1.87. The van der Waals surface area contributed by atoms with Gasteiger partial charge in [0.2, 0.25) is 0 Å². The average Bonchev–Trinajstić information content (AvgIpc) is 1.87. The third-order valence-corrected chi connectivity index (χ3v) is 2.15. The van der Waals surface area contributed by atoms with Crippen molar-refractivity contribution in [2.24, 2.45) is 0 Å². The number of unbranched alkanes of at least 4 members (excludes halogenated alkanes) is 4. The molecule has 0 aromatic rings. The van der Waals surface area contributed by atoms with E-state index in [9.17, 15) is 4.57 Å². The first-order valence-electron chi connectivity index (χ1n) is 3.91. The monoisotopic (exact) mass is 221 g/mol. The van der Waals surface area contributed by atoms with E-state index < -0.39 is 8.03 Å². The molecule has 0 rings (SSSR count). The molecular formula is C7H16NiO2P+. The second-order valence-electron chi connectivity index (χ2n) is 2.49. The molecule has 0 heterocycles. The van der Waals surface area contributed by atoms with Crippen molar-refractivity contribution >= 4 is 8.03 Å². The Balaban J connectivity index is 0. The maximum Gasteiger partial charge on any atom is 0.505 e. The molecule has 0 radical (unpaired) electrons. The summed E-state index contributed by atoms with van der Waals surface area (Å²) in [5.41, 5.74) is 0. The van der Waals surface area contributed by atoms with E-state index in [1.54, 1.807) is 0 Å². The van der Waals surface area contributed by atoms with Gasteiger partial charge in [-0.1, -0.05) is 26.2 Å². The van der Waals surface area contributed by atoms with Crippen LogP contribution in [0.25, 0.3) is 0 Å². The van der Waals surface area contributed by atoms with Crippen LogP contribution in [0.5, 0.6) is 0 Å². The Morgan fingerprint density at radius 2 is 1.73 bits per heavy atom. The molecule has 70 valence electrons. The summed E-state index contributed by atoms with van der Waals surface area (Å²) in [4.78, 5) is 8.42. The summed E-state index contributed by atoms with van der Waals surface area (Å²) in [6.45, 7) is 2.16. The van der Waals surface area contributed by atoms with Crippen LogP contribution < -0.4 is 0 Å². The Morgan fingerprint density at radius 3 is 2.18 bits per heavy atom. The molecule has 2 nitrogen and oxygen atoms in total. The van der Waals surface area contributed by atoms with Crippen molar-refractivity contribution in [1.82, 2.24) is 0 Å². The molecule has 0 aromatic carbocycles. The van der Waals surface area contributed by atoms with E-state index in [2.05, 4.69) is 6.92 Å². The number of hydrogen-bond acceptors (Lipinski definition) is 1. The van der Waals surface area contributed by atoms with E-state index in [0.717, 1.165) is 12.8 Å². The predicted molar refractivity (Wildman–Crippen MR) is 43.5 cm³/mol. The molecule has 0 amide bonds. The van der Waals surface area contributed by atoms with Gasteiger partial charge in [-0.25, -0.2) is 0 Å². The molecule has 0 bridgehead atoms. The maximum atomic E-state index is 10.2. The van der Waals surface area contributed by atoms with Gasteiger partial charge < -0.3 is 0 Å². The van der Waals surface area contributed by atoms with Crippen LogP contribution in [0.4, 0.5) is 0 Å². The summed E-state index contributed by atoms with van der Waals surface area (Å²) in [5, 5.41) is 0. The molecule has 11 heavy (non-hydrogen) atoms. The normalized spacial score (nSPS) is 10.5. The standard InChI is InChI=1S/C7H15O2P.Ni/c1-2-3-4-5-6-7-10(8)9;/h2-7H2,1H3;/p+1. The minimum Gasteiger partial charge on any atom is -0.161 e. The Morgan fingerprint density at radius 1 is 1.18 bits per heavy atom. The molecule has 0 saturated carbocycles. The van der Waals surface area contributed by atoms with Crippen LogP contribution in [-0.4, -0.2) is 11.1 Å².